The first-order valence-electron chi connectivity index (χ1n) is 12.8. The van der Waals surface area contributed by atoms with E-state index in [1.165, 1.54) is 11.3 Å². The van der Waals surface area contributed by atoms with E-state index >= 15 is 0 Å². The molecule has 2 aromatic carbocycles. The number of imidazole rings is 1. The molecule has 1 amide bonds. The Bertz CT molecular complexity index is 1440. The molecule has 2 bridgehead atoms. The highest BCUT2D eigenvalue weighted by Gasteiger charge is 2.47. The third kappa shape index (κ3) is 3.53. The summed E-state index contributed by atoms with van der Waals surface area (Å²) in [5, 5.41) is 0. The Balaban J connectivity index is 1.39. The van der Waals surface area contributed by atoms with Crippen molar-refractivity contribution in [2.24, 2.45) is 18.7 Å². The number of carbonyl (C=O) groups is 1. The lowest BCUT2D eigenvalue weighted by Gasteiger charge is -2.27. The highest BCUT2D eigenvalue weighted by Crippen LogP contribution is 2.39. The van der Waals surface area contributed by atoms with Crippen molar-refractivity contribution < 1.29 is 9.53 Å². The number of amides is 1. The van der Waals surface area contributed by atoms with E-state index in [0.29, 0.717) is 17.2 Å². The largest absolute Gasteiger partial charge is 0.494 e. The lowest BCUT2D eigenvalue weighted by atomic mass is 10.1. The molecule has 6 rings (SSSR count). The Morgan fingerprint density at radius 1 is 1.17 bits per heavy atom. The molecular weight excluding hydrogens is 450 g/mol. The number of methoxy groups -OCH3 is 1. The first kappa shape index (κ1) is 22.9. The Hall–Kier alpha value is -3.58. The second-order valence-electron chi connectivity index (χ2n) is 10.1. The highest BCUT2D eigenvalue weighted by molar-refractivity contribution is 6.00. The van der Waals surface area contributed by atoms with Crippen molar-refractivity contribution in [1.82, 2.24) is 19.0 Å². The summed E-state index contributed by atoms with van der Waals surface area (Å²) in [5.41, 5.74) is 12.2. The molecule has 2 aromatic heterocycles. The van der Waals surface area contributed by atoms with Gasteiger partial charge in [0, 0.05) is 55.2 Å². The molecule has 2 N–H and O–H groups in total. The van der Waals surface area contributed by atoms with Gasteiger partial charge in [-0.1, -0.05) is 37.3 Å². The zero-order valence-corrected chi connectivity index (χ0v) is 21.1. The maximum atomic E-state index is 13.5. The zero-order chi connectivity index (χ0) is 25.0. The van der Waals surface area contributed by atoms with Crippen molar-refractivity contribution in [3.05, 3.63) is 71.5 Å². The van der Waals surface area contributed by atoms with E-state index in [1.807, 2.05) is 30.1 Å². The molecule has 1 aliphatic carbocycles. The van der Waals surface area contributed by atoms with Crippen LogP contribution >= 0.6 is 0 Å². The van der Waals surface area contributed by atoms with Crippen LogP contribution in [0.4, 0.5) is 0 Å². The van der Waals surface area contributed by atoms with E-state index in [9.17, 15) is 4.79 Å². The van der Waals surface area contributed by atoms with Gasteiger partial charge in [0.15, 0.2) is 0 Å². The number of nitrogens with two attached hydrogens (primary N) is 1. The van der Waals surface area contributed by atoms with E-state index in [-0.39, 0.29) is 18.0 Å². The van der Waals surface area contributed by atoms with Crippen LogP contribution in [0.25, 0.3) is 22.4 Å². The van der Waals surface area contributed by atoms with Crippen LogP contribution in [0.3, 0.4) is 0 Å². The van der Waals surface area contributed by atoms with E-state index in [1.54, 1.807) is 7.11 Å². The monoisotopic (exact) mass is 483 g/mol. The summed E-state index contributed by atoms with van der Waals surface area (Å²) in [5.74, 6) is 1.97. The standard InChI is InChI=1S/C29H33N5O2/c1-4-23-21(12-13-33(23)16-18-8-6-5-7-9-18)28-31-22-14-20(15-25(36-3)27(22)32(28)2)29(35)34-17-19-10-11-24(34)26(19)30/h5-9,12-15,19,24,26H,4,10-11,16-17,30H2,1-3H3/t19-,24-,26-/m1/s1. The normalized spacial score (nSPS) is 21.0. The van der Waals surface area contributed by atoms with Crippen LogP contribution in [0.2, 0.25) is 0 Å². The van der Waals surface area contributed by atoms with E-state index in [2.05, 4.69) is 52.6 Å². The number of aromatic nitrogens is 3. The lowest BCUT2D eigenvalue weighted by Crippen LogP contribution is -2.41. The number of rotatable bonds is 6. The van der Waals surface area contributed by atoms with Crippen molar-refractivity contribution in [3.63, 3.8) is 0 Å². The van der Waals surface area contributed by atoms with Gasteiger partial charge >= 0.3 is 0 Å². The summed E-state index contributed by atoms with van der Waals surface area (Å²) in [6, 6.07) is 16.6. The van der Waals surface area contributed by atoms with Gasteiger partial charge < -0.3 is 24.5 Å². The molecular formula is C29H33N5O2. The number of piperidine rings is 1. The first-order valence-corrected chi connectivity index (χ1v) is 12.8. The van der Waals surface area contributed by atoms with Gasteiger partial charge in [-0.05, 0) is 48.9 Å². The predicted octanol–water partition coefficient (Wildman–Crippen LogP) is 4.22. The van der Waals surface area contributed by atoms with Gasteiger partial charge in [0.25, 0.3) is 5.91 Å². The average Bonchev–Trinajstić information content (AvgIpc) is 3.65. The number of ether oxygens (including phenoxy) is 1. The third-order valence-electron chi connectivity index (χ3n) is 8.17. The van der Waals surface area contributed by atoms with E-state index in [4.69, 9.17) is 15.5 Å². The number of nitrogens with zero attached hydrogens (tertiary/aromatic N) is 4. The van der Waals surface area contributed by atoms with Gasteiger partial charge in [-0.3, -0.25) is 4.79 Å². The molecule has 4 aromatic rings. The average molecular weight is 484 g/mol. The molecule has 3 atom stereocenters. The summed E-state index contributed by atoms with van der Waals surface area (Å²) in [4.78, 5) is 20.5. The van der Waals surface area contributed by atoms with Crippen molar-refractivity contribution >= 4 is 16.9 Å². The van der Waals surface area contributed by atoms with Crippen molar-refractivity contribution in [3.8, 4) is 17.1 Å². The molecule has 7 heteroatoms. The van der Waals surface area contributed by atoms with Gasteiger partial charge in [0.05, 0.1) is 12.6 Å². The smallest absolute Gasteiger partial charge is 0.254 e. The Kier molecular flexibility index (Phi) is 5.60. The number of benzene rings is 2. The molecule has 0 radical (unpaired) electrons. The third-order valence-corrected chi connectivity index (χ3v) is 8.17. The molecule has 186 valence electrons. The maximum Gasteiger partial charge on any atom is 0.254 e. The summed E-state index contributed by atoms with van der Waals surface area (Å²) >= 11 is 0. The molecule has 3 heterocycles. The minimum absolute atomic E-state index is 0.0216. The highest BCUT2D eigenvalue weighted by atomic mass is 16.5. The number of aryl methyl sites for hydroxylation is 1. The zero-order valence-electron chi connectivity index (χ0n) is 21.1. The van der Waals surface area contributed by atoms with E-state index in [0.717, 1.165) is 54.8 Å². The minimum Gasteiger partial charge on any atom is -0.494 e. The van der Waals surface area contributed by atoms with Gasteiger partial charge in [-0.25, -0.2) is 4.98 Å². The van der Waals surface area contributed by atoms with E-state index < -0.39 is 0 Å². The van der Waals surface area contributed by atoms with Crippen molar-refractivity contribution in [2.45, 2.75) is 44.8 Å². The molecule has 1 saturated carbocycles. The van der Waals surface area contributed by atoms with Crippen molar-refractivity contribution in [1.29, 1.82) is 0 Å². The second kappa shape index (κ2) is 8.82. The summed E-state index contributed by atoms with van der Waals surface area (Å²) < 4.78 is 10.1. The second-order valence-corrected chi connectivity index (χ2v) is 10.1. The maximum absolute atomic E-state index is 13.5. The molecule has 2 aliphatic rings. The molecule has 0 spiro atoms. The first-order chi connectivity index (χ1) is 17.5. The van der Waals surface area contributed by atoms with Gasteiger partial charge in [0.2, 0.25) is 0 Å². The van der Waals surface area contributed by atoms with Crippen molar-refractivity contribution in [2.75, 3.05) is 13.7 Å². The molecule has 2 fully saturated rings. The predicted molar refractivity (Wildman–Crippen MR) is 141 cm³/mol. The number of fused-ring (bicyclic) bond motifs is 3. The SMILES string of the molecule is CCc1c(-c2nc3cc(C(=O)N4C[C@H]5CC[C@@H]4[C@@H]5N)cc(OC)c3n2C)ccn1Cc1ccccc1. The quantitative estimate of drug-likeness (QED) is 0.445. The van der Waals surface area contributed by atoms with Crippen LogP contribution in [0.1, 0.15) is 41.4 Å². The van der Waals surface area contributed by atoms with Crippen LogP contribution in [-0.4, -0.2) is 50.7 Å². The Morgan fingerprint density at radius 2 is 1.97 bits per heavy atom. The Morgan fingerprint density at radius 3 is 2.64 bits per heavy atom. The Labute approximate surface area is 211 Å². The molecule has 1 aliphatic heterocycles. The topological polar surface area (TPSA) is 78.3 Å². The summed E-state index contributed by atoms with van der Waals surface area (Å²) in [6.45, 7) is 3.73. The number of carbonyl (C=O) groups excluding carboxylic acids is 1. The van der Waals surface area contributed by atoms with Crippen LogP contribution in [0.15, 0.2) is 54.7 Å². The van der Waals surface area contributed by atoms with Gasteiger partial charge in [-0.15, -0.1) is 0 Å². The molecule has 0 unspecified atom stereocenters. The molecule has 7 nitrogen and oxygen atoms in total. The number of likely N-dealkylation sites (tertiary alicyclic amines) is 1. The molecule has 1 saturated heterocycles. The minimum atomic E-state index is 0.0216. The van der Waals surface area contributed by atoms with Gasteiger partial charge in [-0.2, -0.15) is 0 Å². The fourth-order valence-electron chi connectivity index (χ4n) is 6.31. The van der Waals surface area contributed by atoms with Crippen LogP contribution in [-0.2, 0) is 20.0 Å². The number of hydrogen-bond acceptors (Lipinski definition) is 4. The van der Waals surface area contributed by atoms with Gasteiger partial charge in [0.1, 0.15) is 17.1 Å². The lowest BCUT2D eigenvalue weighted by molar-refractivity contribution is 0.0700. The fourth-order valence-corrected chi connectivity index (χ4v) is 6.31. The molecule has 36 heavy (non-hydrogen) atoms. The summed E-state index contributed by atoms with van der Waals surface area (Å²) in [7, 11) is 3.67. The van der Waals surface area contributed by atoms with Crippen LogP contribution in [0.5, 0.6) is 5.75 Å². The fraction of sp³-hybridized carbons (Fsp3) is 0.379. The van der Waals surface area contributed by atoms with Crippen LogP contribution in [0, 0.1) is 5.92 Å². The number of hydrogen-bond donors (Lipinski definition) is 1. The van der Waals surface area contributed by atoms with Crippen LogP contribution < -0.4 is 10.5 Å². The summed E-state index contributed by atoms with van der Waals surface area (Å²) in [6.07, 6.45) is 5.13.